The monoisotopic (exact) mass is 982 g/mol. The fourth-order valence-corrected chi connectivity index (χ4v) is 8.51. The maximum Gasteiger partial charge on any atom is 0.344 e. The lowest BCUT2D eigenvalue weighted by molar-refractivity contribution is -0.145. The molecule has 3 N–H and O–H groups in total. The second kappa shape index (κ2) is 22.5. The van der Waals surface area contributed by atoms with Crippen molar-refractivity contribution in [1.82, 2.24) is 0 Å². The summed E-state index contributed by atoms with van der Waals surface area (Å²) in [6.45, 7) is 9.41. The molecule has 0 fully saturated rings. The van der Waals surface area contributed by atoms with Crippen molar-refractivity contribution in [3.05, 3.63) is 212 Å². The van der Waals surface area contributed by atoms with Gasteiger partial charge in [-0.25, -0.2) is 4.79 Å². The molecule has 14 nitrogen and oxygen atoms in total. The second-order valence-corrected chi connectivity index (χ2v) is 18.4. The van der Waals surface area contributed by atoms with Crippen molar-refractivity contribution in [2.45, 2.75) is 60.3 Å². The molecular weight excluding hydrogens is 929 g/mol. The molecule has 0 radical (unpaired) electrons. The number of ether oxygens (including phenoxy) is 2. The SMILES string of the molecule is CCOC(=O)COc1c2cc(N=Nc3ccc(C)cc3)cc1Cc1cc(N=Nc3ccc(C)cc3)cc(c1O)Cc1cc(N=Nc3ccc(C)cc3)cc(c1O)Cc1cc(N=Nc3ccc(C)cc3)cc(c1O)C2. The Morgan fingerprint density at radius 1 is 0.378 bits per heavy atom. The Morgan fingerprint density at radius 3 is 0.865 bits per heavy atom. The smallest absolute Gasteiger partial charge is 0.344 e. The van der Waals surface area contributed by atoms with E-state index in [1.165, 1.54) is 0 Å². The zero-order valence-corrected chi connectivity index (χ0v) is 41.7. The molecule has 14 heteroatoms. The van der Waals surface area contributed by atoms with Crippen LogP contribution in [0.4, 0.5) is 45.5 Å². The Morgan fingerprint density at radius 2 is 0.608 bits per heavy atom. The molecule has 8 aromatic rings. The fourth-order valence-electron chi connectivity index (χ4n) is 8.51. The van der Waals surface area contributed by atoms with E-state index in [-0.39, 0.29) is 49.5 Å². The summed E-state index contributed by atoms with van der Waals surface area (Å²) in [5.41, 5.74) is 12.2. The number of esters is 1. The van der Waals surface area contributed by atoms with Crippen molar-refractivity contribution in [2.75, 3.05) is 13.2 Å². The summed E-state index contributed by atoms with van der Waals surface area (Å²) in [6, 6.07) is 44.6. The molecular formula is C60H54N8O6. The van der Waals surface area contributed by atoms with Gasteiger partial charge in [0.15, 0.2) is 6.61 Å². The highest BCUT2D eigenvalue weighted by Gasteiger charge is 2.24. The third-order valence-electron chi connectivity index (χ3n) is 12.4. The van der Waals surface area contributed by atoms with Crippen LogP contribution in [0, 0.1) is 27.7 Å². The molecule has 1 aliphatic rings. The van der Waals surface area contributed by atoms with Gasteiger partial charge >= 0.3 is 5.97 Å². The molecule has 8 bridgehead atoms. The predicted octanol–water partition coefficient (Wildman–Crippen LogP) is 16.3. The Hall–Kier alpha value is -9.17. The van der Waals surface area contributed by atoms with Crippen molar-refractivity contribution in [2.24, 2.45) is 40.9 Å². The Kier molecular flexibility index (Phi) is 15.1. The summed E-state index contributed by atoms with van der Waals surface area (Å²) >= 11 is 0. The summed E-state index contributed by atoms with van der Waals surface area (Å²) in [7, 11) is 0. The molecule has 0 unspecified atom stereocenters. The number of hydrogen-bond donors (Lipinski definition) is 3. The van der Waals surface area contributed by atoms with Gasteiger partial charge in [0.25, 0.3) is 0 Å². The highest BCUT2D eigenvalue weighted by Crippen LogP contribution is 2.43. The Labute approximate surface area is 429 Å². The summed E-state index contributed by atoms with van der Waals surface area (Å²) in [6.07, 6.45) is 0.110. The highest BCUT2D eigenvalue weighted by molar-refractivity contribution is 5.72. The maximum atomic E-state index is 13.0. The summed E-state index contributed by atoms with van der Waals surface area (Å²) in [5, 5.41) is 74.0. The van der Waals surface area contributed by atoms with Crippen LogP contribution < -0.4 is 4.74 Å². The highest BCUT2D eigenvalue weighted by atomic mass is 16.6. The number of phenolic OH excluding ortho intramolecular Hbond substituents is 3. The van der Waals surface area contributed by atoms with Crippen molar-refractivity contribution in [3.63, 3.8) is 0 Å². The number of aromatic hydroxyl groups is 3. The molecule has 370 valence electrons. The van der Waals surface area contributed by atoms with Crippen LogP contribution in [-0.4, -0.2) is 34.5 Å². The molecule has 0 spiro atoms. The average molecular weight is 983 g/mol. The number of carbonyl (C=O) groups is 1. The van der Waals surface area contributed by atoms with E-state index < -0.39 is 12.6 Å². The molecule has 8 aromatic carbocycles. The van der Waals surface area contributed by atoms with Crippen molar-refractivity contribution in [3.8, 4) is 23.0 Å². The van der Waals surface area contributed by atoms with E-state index in [1.807, 2.05) is 125 Å². The topological polar surface area (TPSA) is 195 Å². The zero-order chi connectivity index (χ0) is 51.7. The molecule has 74 heavy (non-hydrogen) atoms. The number of fused-ring (bicyclic) bond motifs is 8. The van der Waals surface area contributed by atoms with Gasteiger partial charge in [0.1, 0.15) is 23.0 Å². The van der Waals surface area contributed by atoms with Gasteiger partial charge in [-0.1, -0.05) is 70.8 Å². The molecule has 0 heterocycles. The van der Waals surface area contributed by atoms with Crippen LogP contribution in [0.5, 0.6) is 23.0 Å². The molecule has 1 aliphatic carbocycles. The number of rotatable bonds is 12. The maximum absolute atomic E-state index is 13.0. The van der Waals surface area contributed by atoms with E-state index in [1.54, 1.807) is 55.5 Å². The van der Waals surface area contributed by atoms with Gasteiger partial charge < -0.3 is 24.8 Å². The number of aryl methyl sites for hydroxylation is 4. The lowest BCUT2D eigenvalue weighted by Gasteiger charge is -2.20. The standard InChI is InChI=1S/C60H54N8O6/c1-6-73-56(69)35-74-60-46-25-44-31-53(66-62-49-17-9-37(3)10-18-49)29-42(58(44)71)23-40-27-52(65-61-48-15-7-36(2)8-16-48)28-41(57(40)70)24-43-30-54(67-63-50-19-11-38(4)12-20-50)32-45(59(43)72)26-47(60)34-55(33-46)68-64-51-21-13-39(5)14-22-51/h7-22,27-34,70-72H,6,23-26,35H2,1-5H3. The predicted molar refractivity (Wildman–Crippen MR) is 286 cm³/mol. The lowest BCUT2D eigenvalue weighted by Crippen LogP contribution is -2.16. The first-order valence-electron chi connectivity index (χ1n) is 24.2. The number of phenols is 3. The van der Waals surface area contributed by atoms with Gasteiger partial charge in [-0.2, -0.15) is 40.9 Å². The van der Waals surface area contributed by atoms with Crippen molar-refractivity contribution in [1.29, 1.82) is 0 Å². The number of hydrogen-bond acceptors (Lipinski definition) is 14. The molecule has 0 amide bonds. The summed E-state index contributed by atoms with van der Waals surface area (Å²) < 4.78 is 11.8. The van der Waals surface area contributed by atoms with E-state index in [4.69, 9.17) is 14.6 Å². The number of benzene rings is 8. The lowest BCUT2D eigenvalue weighted by atomic mass is 9.90. The normalized spacial score (nSPS) is 12.6. The molecule has 0 saturated carbocycles. The van der Waals surface area contributed by atoms with Crippen LogP contribution >= 0.6 is 0 Å². The van der Waals surface area contributed by atoms with Crippen LogP contribution in [0.1, 0.15) is 73.7 Å². The van der Waals surface area contributed by atoms with Crippen LogP contribution in [0.2, 0.25) is 0 Å². The molecule has 0 aromatic heterocycles. The quantitative estimate of drug-likeness (QED) is 0.0804. The van der Waals surface area contributed by atoms with Gasteiger partial charge in [-0.05, 0) is 132 Å². The summed E-state index contributed by atoms with van der Waals surface area (Å²) in [4.78, 5) is 13.0. The molecule has 0 saturated heterocycles. The zero-order valence-electron chi connectivity index (χ0n) is 41.7. The Balaban J connectivity index is 1.27. The molecule has 9 rings (SSSR count). The first-order chi connectivity index (χ1) is 35.8. The van der Waals surface area contributed by atoms with E-state index in [9.17, 15) is 20.1 Å². The minimum atomic E-state index is -0.583. The van der Waals surface area contributed by atoms with Gasteiger partial charge in [0.2, 0.25) is 0 Å². The number of nitrogens with zero attached hydrogens (tertiary/aromatic N) is 8. The first-order valence-corrected chi connectivity index (χ1v) is 24.2. The minimum Gasteiger partial charge on any atom is -0.507 e. The summed E-state index contributed by atoms with van der Waals surface area (Å²) in [5.74, 6) is -0.452. The van der Waals surface area contributed by atoms with E-state index in [0.717, 1.165) is 22.3 Å². The fraction of sp³-hybridized carbons (Fsp3) is 0.183. The van der Waals surface area contributed by atoms with E-state index in [0.29, 0.717) is 95.8 Å². The van der Waals surface area contributed by atoms with Gasteiger partial charge in [0.05, 0.1) is 52.1 Å². The van der Waals surface area contributed by atoms with Crippen LogP contribution in [0.15, 0.2) is 187 Å². The van der Waals surface area contributed by atoms with Crippen LogP contribution in [-0.2, 0) is 35.2 Å². The second-order valence-electron chi connectivity index (χ2n) is 18.4. The van der Waals surface area contributed by atoms with Gasteiger partial charge in [0, 0.05) is 70.2 Å². The Bertz CT molecular complexity index is 3320. The largest absolute Gasteiger partial charge is 0.507 e. The van der Waals surface area contributed by atoms with Crippen LogP contribution in [0.25, 0.3) is 0 Å². The number of carbonyl (C=O) groups excluding carboxylic acids is 1. The first kappa shape index (κ1) is 49.8. The van der Waals surface area contributed by atoms with E-state index in [2.05, 4.69) is 35.8 Å². The molecule has 0 aliphatic heterocycles. The van der Waals surface area contributed by atoms with Crippen molar-refractivity contribution < 1.29 is 29.6 Å². The number of azo groups is 4. The third-order valence-corrected chi connectivity index (χ3v) is 12.4. The van der Waals surface area contributed by atoms with Gasteiger partial charge in [-0.15, -0.1) is 0 Å². The van der Waals surface area contributed by atoms with E-state index >= 15 is 0 Å². The minimum absolute atomic E-state index is 0.0176. The van der Waals surface area contributed by atoms with Crippen LogP contribution in [0.3, 0.4) is 0 Å². The average Bonchev–Trinajstić information content (AvgIpc) is 3.39. The molecule has 0 atom stereocenters. The third kappa shape index (κ3) is 12.5. The van der Waals surface area contributed by atoms with Gasteiger partial charge in [-0.3, -0.25) is 0 Å². The van der Waals surface area contributed by atoms with Crippen molar-refractivity contribution >= 4 is 51.5 Å².